The van der Waals surface area contributed by atoms with Crippen molar-refractivity contribution in [3.05, 3.63) is 23.9 Å². The van der Waals surface area contributed by atoms with Gasteiger partial charge in [-0.3, -0.25) is 0 Å². The maximum atomic E-state index is 11.0. The zero-order chi connectivity index (χ0) is 11.5. The molecule has 0 spiro atoms. The molecule has 0 saturated heterocycles. The highest BCUT2D eigenvalue weighted by molar-refractivity contribution is 5.93. The SMILES string of the molecule is CC(CC1CC1)Nc1ncccc1C(=O)O. The first-order valence-electron chi connectivity index (χ1n) is 5.61. The fourth-order valence-electron chi connectivity index (χ4n) is 1.84. The molecule has 4 nitrogen and oxygen atoms in total. The van der Waals surface area contributed by atoms with Gasteiger partial charge in [0.15, 0.2) is 0 Å². The first-order valence-corrected chi connectivity index (χ1v) is 5.61. The highest BCUT2D eigenvalue weighted by atomic mass is 16.4. The van der Waals surface area contributed by atoms with Gasteiger partial charge in [-0.15, -0.1) is 0 Å². The van der Waals surface area contributed by atoms with Gasteiger partial charge in [-0.05, 0) is 31.4 Å². The maximum absolute atomic E-state index is 11.0. The summed E-state index contributed by atoms with van der Waals surface area (Å²) in [6.45, 7) is 2.07. The van der Waals surface area contributed by atoms with Crippen molar-refractivity contribution in [1.82, 2.24) is 4.98 Å². The van der Waals surface area contributed by atoms with Gasteiger partial charge in [0, 0.05) is 12.2 Å². The number of carboxylic acid groups (broad SMARTS) is 1. The Labute approximate surface area is 94.7 Å². The molecule has 1 fully saturated rings. The second-order valence-corrected chi connectivity index (χ2v) is 4.43. The molecule has 1 saturated carbocycles. The minimum Gasteiger partial charge on any atom is -0.478 e. The van der Waals surface area contributed by atoms with Gasteiger partial charge in [0.25, 0.3) is 0 Å². The van der Waals surface area contributed by atoms with Gasteiger partial charge in [0.05, 0.1) is 0 Å². The lowest BCUT2D eigenvalue weighted by atomic mass is 10.1. The molecule has 1 aliphatic rings. The van der Waals surface area contributed by atoms with Crippen LogP contribution >= 0.6 is 0 Å². The molecular weight excluding hydrogens is 204 g/mol. The van der Waals surface area contributed by atoms with Crippen molar-refractivity contribution in [2.45, 2.75) is 32.2 Å². The van der Waals surface area contributed by atoms with E-state index in [0.29, 0.717) is 5.82 Å². The molecule has 0 amide bonds. The Kier molecular flexibility index (Phi) is 3.08. The minimum absolute atomic E-state index is 0.241. The van der Waals surface area contributed by atoms with Crippen molar-refractivity contribution < 1.29 is 9.90 Å². The van der Waals surface area contributed by atoms with Crippen LogP contribution in [0, 0.1) is 5.92 Å². The van der Waals surface area contributed by atoms with Gasteiger partial charge in [0.2, 0.25) is 0 Å². The van der Waals surface area contributed by atoms with E-state index in [1.165, 1.54) is 12.8 Å². The summed E-state index contributed by atoms with van der Waals surface area (Å²) in [4.78, 5) is 15.0. The molecule has 0 aromatic carbocycles. The number of pyridine rings is 1. The van der Waals surface area contributed by atoms with Crippen molar-refractivity contribution in [3.63, 3.8) is 0 Å². The standard InChI is InChI=1S/C12H16N2O2/c1-8(7-9-4-5-9)14-11-10(12(15)16)3-2-6-13-11/h2-3,6,8-9H,4-5,7H2,1H3,(H,13,14)(H,15,16). The van der Waals surface area contributed by atoms with E-state index in [-0.39, 0.29) is 11.6 Å². The van der Waals surface area contributed by atoms with E-state index in [9.17, 15) is 4.79 Å². The number of rotatable bonds is 5. The molecule has 0 aliphatic heterocycles. The van der Waals surface area contributed by atoms with Gasteiger partial charge in [0.1, 0.15) is 11.4 Å². The molecule has 1 atom stereocenters. The quantitative estimate of drug-likeness (QED) is 0.799. The molecule has 86 valence electrons. The maximum Gasteiger partial charge on any atom is 0.339 e. The smallest absolute Gasteiger partial charge is 0.339 e. The van der Waals surface area contributed by atoms with Gasteiger partial charge in [-0.25, -0.2) is 9.78 Å². The number of nitrogens with zero attached hydrogens (tertiary/aromatic N) is 1. The van der Waals surface area contributed by atoms with E-state index in [0.717, 1.165) is 12.3 Å². The van der Waals surface area contributed by atoms with E-state index in [2.05, 4.69) is 17.2 Å². The molecule has 1 aliphatic carbocycles. The highest BCUT2D eigenvalue weighted by Crippen LogP contribution is 2.34. The van der Waals surface area contributed by atoms with E-state index < -0.39 is 5.97 Å². The van der Waals surface area contributed by atoms with Crippen LogP contribution < -0.4 is 5.32 Å². The number of aromatic carboxylic acids is 1. The Balaban J connectivity index is 2.04. The van der Waals surface area contributed by atoms with E-state index in [1.807, 2.05) is 0 Å². The van der Waals surface area contributed by atoms with Crippen LogP contribution in [-0.2, 0) is 0 Å². The molecule has 4 heteroatoms. The average molecular weight is 220 g/mol. The second kappa shape index (κ2) is 4.51. The average Bonchev–Trinajstić information content (AvgIpc) is 3.02. The molecule has 1 heterocycles. The largest absolute Gasteiger partial charge is 0.478 e. The third kappa shape index (κ3) is 2.72. The number of hydrogen-bond donors (Lipinski definition) is 2. The summed E-state index contributed by atoms with van der Waals surface area (Å²) in [6, 6.07) is 3.49. The monoisotopic (exact) mass is 220 g/mol. The van der Waals surface area contributed by atoms with Gasteiger partial charge >= 0.3 is 5.97 Å². The van der Waals surface area contributed by atoms with Crippen molar-refractivity contribution in [2.75, 3.05) is 5.32 Å². The Morgan fingerprint density at radius 2 is 2.44 bits per heavy atom. The Morgan fingerprint density at radius 1 is 1.69 bits per heavy atom. The Hall–Kier alpha value is -1.58. The Morgan fingerprint density at radius 3 is 3.06 bits per heavy atom. The predicted octanol–water partition coefficient (Wildman–Crippen LogP) is 2.38. The first kappa shape index (κ1) is 10.9. The predicted molar refractivity (Wildman–Crippen MR) is 61.6 cm³/mol. The summed E-state index contributed by atoms with van der Waals surface area (Å²) in [5.41, 5.74) is 0.241. The minimum atomic E-state index is -0.936. The van der Waals surface area contributed by atoms with E-state index >= 15 is 0 Å². The summed E-state index contributed by atoms with van der Waals surface area (Å²) >= 11 is 0. The lowest BCUT2D eigenvalue weighted by molar-refractivity contribution is 0.0697. The van der Waals surface area contributed by atoms with Gasteiger partial charge in [-0.2, -0.15) is 0 Å². The second-order valence-electron chi connectivity index (χ2n) is 4.43. The molecule has 1 aromatic heterocycles. The number of anilines is 1. The fourth-order valence-corrected chi connectivity index (χ4v) is 1.84. The third-order valence-corrected chi connectivity index (χ3v) is 2.81. The lowest BCUT2D eigenvalue weighted by Crippen LogP contribution is -2.18. The van der Waals surface area contributed by atoms with Gasteiger partial charge in [-0.1, -0.05) is 12.8 Å². The lowest BCUT2D eigenvalue weighted by Gasteiger charge is -2.15. The zero-order valence-corrected chi connectivity index (χ0v) is 9.31. The normalized spacial score (nSPS) is 16.8. The van der Waals surface area contributed by atoms with Crippen LogP contribution in [0.4, 0.5) is 5.82 Å². The van der Waals surface area contributed by atoms with E-state index in [4.69, 9.17) is 5.11 Å². The molecule has 0 radical (unpaired) electrons. The molecule has 2 N–H and O–H groups in total. The number of aromatic nitrogens is 1. The van der Waals surface area contributed by atoms with Crippen LogP contribution in [0.1, 0.15) is 36.5 Å². The van der Waals surface area contributed by atoms with Crippen LogP contribution in [0.25, 0.3) is 0 Å². The number of carboxylic acids is 1. The molecular formula is C12H16N2O2. The first-order chi connectivity index (χ1) is 7.66. The Bertz CT molecular complexity index is 388. The van der Waals surface area contributed by atoms with Crippen molar-refractivity contribution >= 4 is 11.8 Å². The number of hydrogen-bond acceptors (Lipinski definition) is 3. The number of nitrogens with one attached hydrogen (secondary N) is 1. The van der Waals surface area contributed by atoms with Crippen molar-refractivity contribution in [1.29, 1.82) is 0 Å². The van der Waals surface area contributed by atoms with Crippen LogP contribution in [0.15, 0.2) is 18.3 Å². The van der Waals surface area contributed by atoms with Crippen LogP contribution in [0.5, 0.6) is 0 Å². The topological polar surface area (TPSA) is 62.2 Å². The molecule has 2 rings (SSSR count). The summed E-state index contributed by atoms with van der Waals surface area (Å²) < 4.78 is 0. The molecule has 1 aromatic rings. The molecule has 16 heavy (non-hydrogen) atoms. The zero-order valence-electron chi connectivity index (χ0n) is 9.31. The third-order valence-electron chi connectivity index (χ3n) is 2.81. The number of carbonyl (C=O) groups is 1. The van der Waals surface area contributed by atoms with Gasteiger partial charge < -0.3 is 10.4 Å². The van der Waals surface area contributed by atoms with E-state index in [1.54, 1.807) is 18.3 Å². The fraction of sp³-hybridized carbons (Fsp3) is 0.500. The van der Waals surface area contributed by atoms with Crippen LogP contribution in [0.2, 0.25) is 0 Å². The summed E-state index contributed by atoms with van der Waals surface area (Å²) in [5, 5.41) is 12.2. The van der Waals surface area contributed by atoms with Crippen molar-refractivity contribution in [2.24, 2.45) is 5.92 Å². The molecule has 1 unspecified atom stereocenters. The summed E-state index contributed by atoms with van der Waals surface area (Å²) in [6.07, 6.45) is 5.31. The highest BCUT2D eigenvalue weighted by Gasteiger charge is 2.24. The van der Waals surface area contributed by atoms with Crippen LogP contribution in [-0.4, -0.2) is 22.1 Å². The molecule has 0 bridgehead atoms. The summed E-state index contributed by atoms with van der Waals surface area (Å²) in [7, 11) is 0. The summed E-state index contributed by atoms with van der Waals surface area (Å²) in [5.74, 6) is 0.358. The van der Waals surface area contributed by atoms with Crippen molar-refractivity contribution in [3.8, 4) is 0 Å². The van der Waals surface area contributed by atoms with Crippen LogP contribution in [0.3, 0.4) is 0 Å².